The lowest BCUT2D eigenvalue weighted by Gasteiger charge is -2.39. The highest BCUT2D eigenvalue weighted by molar-refractivity contribution is 5.68. The van der Waals surface area contributed by atoms with Crippen molar-refractivity contribution in [3.8, 4) is 0 Å². The van der Waals surface area contributed by atoms with Gasteiger partial charge in [0, 0.05) is 37.9 Å². The maximum absolute atomic E-state index is 12.8. The lowest BCUT2D eigenvalue weighted by Crippen LogP contribution is -2.54. The summed E-state index contributed by atoms with van der Waals surface area (Å²) < 4.78 is 5.60. The highest BCUT2D eigenvalue weighted by Crippen LogP contribution is 2.36. The summed E-state index contributed by atoms with van der Waals surface area (Å²) in [7, 11) is 1.87. The molecule has 0 radical (unpaired) electrons. The fraction of sp³-hybridized carbons (Fsp3) is 0.480. The number of carbonyl (C=O) groups is 1. The standard InChI is InChI=1S/C25H33N3O2/c1-18-15-28(16-19(2)26-18)22-13-12-21-10-7-11-24(23(21)14-22)27(3)25(29)30-17-20-8-5-4-6-9-20/h4-6,8-9,12-14,18-19,24,26H,7,10-11,15-17H2,1-3H3/t18-,19+,24?. The first-order valence-corrected chi connectivity index (χ1v) is 11.1. The van der Waals surface area contributed by atoms with Crippen LogP contribution in [0.3, 0.4) is 0 Å². The van der Waals surface area contributed by atoms with Crippen LogP contribution < -0.4 is 10.2 Å². The Hall–Kier alpha value is -2.53. The van der Waals surface area contributed by atoms with E-state index in [9.17, 15) is 4.79 Å². The zero-order valence-electron chi connectivity index (χ0n) is 18.3. The summed E-state index contributed by atoms with van der Waals surface area (Å²) in [4.78, 5) is 17.0. The quantitative estimate of drug-likeness (QED) is 0.809. The summed E-state index contributed by atoms with van der Waals surface area (Å²) in [5, 5.41) is 3.60. The van der Waals surface area contributed by atoms with Crippen molar-refractivity contribution in [2.75, 3.05) is 25.0 Å². The second-order valence-corrected chi connectivity index (χ2v) is 8.82. The Balaban J connectivity index is 1.49. The number of hydrogen-bond donors (Lipinski definition) is 1. The van der Waals surface area contributed by atoms with Crippen molar-refractivity contribution >= 4 is 11.8 Å². The number of benzene rings is 2. The molecule has 1 fully saturated rings. The highest BCUT2D eigenvalue weighted by Gasteiger charge is 2.29. The van der Waals surface area contributed by atoms with Gasteiger partial charge in [0.15, 0.2) is 0 Å². The predicted molar refractivity (Wildman–Crippen MR) is 121 cm³/mol. The Morgan fingerprint density at radius 1 is 1.13 bits per heavy atom. The van der Waals surface area contributed by atoms with Crippen molar-refractivity contribution in [1.29, 1.82) is 0 Å². The molecule has 0 aromatic heterocycles. The van der Waals surface area contributed by atoms with Crippen LogP contribution in [0.25, 0.3) is 0 Å². The second kappa shape index (κ2) is 9.09. The molecule has 2 aromatic carbocycles. The van der Waals surface area contributed by atoms with Gasteiger partial charge in [-0.1, -0.05) is 36.4 Å². The molecule has 30 heavy (non-hydrogen) atoms. The number of piperazine rings is 1. The number of nitrogens with one attached hydrogen (secondary N) is 1. The molecule has 0 bridgehead atoms. The third-order valence-electron chi connectivity index (χ3n) is 6.30. The molecule has 1 aliphatic heterocycles. The molecule has 1 heterocycles. The largest absolute Gasteiger partial charge is 0.445 e. The molecule has 0 spiro atoms. The molecule has 0 saturated carbocycles. The summed E-state index contributed by atoms with van der Waals surface area (Å²) in [5.74, 6) is 0. The van der Waals surface area contributed by atoms with Gasteiger partial charge in [-0.15, -0.1) is 0 Å². The summed E-state index contributed by atoms with van der Waals surface area (Å²) in [6.07, 6.45) is 2.89. The van der Waals surface area contributed by atoms with E-state index in [2.05, 4.69) is 42.3 Å². The Morgan fingerprint density at radius 3 is 2.60 bits per heavy atom. The van der Waals surface area contributed by atoms with Crippen LogP contribution in [-0.2, 0) is 17.8 Å². The third kappa shape index (κ3) is 4.62. The van der Waals surface area contributed by atoms with Crippen LogP contribution in [0.2, 0.25) is 0 Å². The molecule has 1 saturated heterocycles. The van der Waals surface area contributed by atoms with E-state index in [1.54, 1.807) is 4.90 Å². The van der Waals surface area contributed by atoms with Crippen LogP contribution in [0.4, 0.5) is 10.5 Å². The molecule has 4 rings (SSSR count). The number of anilines is 1. The summed E-state index contributed by atoms with van der Waals surface area (Å²) >= 11 is 0. The number of fused-ring (bicyclic) bond motifs is 1. The molecule has 2 aliphatic rings. The van der Waals surface area contributed by atoms with Crippen LogP contribution in [0, 0.1) is 0 Å². The van der Waals surface area contributed by atoms with Crippen molar-refractivity contribution < 1.29 is 9.53 Å². The van der Waals surface area contributed by atoms with E-state index in [-0.39, 0.29) is 12.1 Å². The molecule has 1 aliphatic carbocycles. The van der Waals surface area contributed by atoms with Crippen LogP contribution in [0.5, 0.6) is 0 Å². The van der Waals surface area contributed by atoms with Crippen molar-refractivity contribution in [2.24, 2.45) is 0 Å². The molecule has 160 valence electrons. The van der Waals surface area contributed by atoms with E-state index in [1.165, 1.54) is 16.8 Å². The molecule has 1 amide bonds. The molecule has 3 atom stereocenters. The van der Waals surface area contributed by atoms with E-state index < -0.39 is 0 Å². The fourth-order valence-electron chi connectivity index (χ4n) is 4.85. The smallest absolute Gasteiger partial charge is 0.410 e. The van der Waals surface area contributed by atoms with Crippen molar-refractivity contribution in [3.05, 3.63) is 65.2 Å². The minimum atomic E-state index is -0.258. The van der Waals surface area contributed by atoms with Gasteiger partial charge in [0.2, 0.25) is 0 Å². The van der Waals surface area contributed by atoms with Gasteiger partial charge in [-0.25, -0.2) is 4.79 Å². The fourth-order valence-corrected chi connectivity index (χ4v) is 4.85. The predicted octanol–water partition coefficient (Wildman–Crippen LogP) is 4.52. The molecule has 2 aromatic rings. The topological polar surface area (TPSA) is 44.8 Å². The average Bonchev–Trinajstić information content (AvgIpc) is 2.76. The zero-order valence-corrected chi connectivity index (χ0v) is 18.3. The van der Waals surface area contributed by atoms with Crippen LogP contribution in [-0.4, -0.2) is 43.2 Å². The van der Waals surface area contributed by atoms with E-state index in [0.29, 0.717) is 18.7 Å². The summed E-state index contributed by atoms with van der Waals surface area (Å²) in [5.41, 5.74) is 4.89. The number of hydrogen-bond acceptors (Lipinski definition) is 4. The first kappa shape index (κ1) is 20.7. The molecule has 1 unspecified atom stereocenters. The van der Waals surface area contributed by atoms with Crippen LogP contribution in [0.1, 0.15) is 49.4 Å². The number of aryl methyl sites for hydroxylation is 1. The minimum Gasteiger partial charge on any atom is -0.445 e. The van der Waals surface area contributed by atoms with Gasteiger partial charge in [-0.05, 0) is 61.9 Å². The third-order valence-corrected chi connectivity index (χ3v) is 6.30. The Morgan fingerprint density at radius 2 is 1.87 bits per heavy atom. The van der Waals surface area contributed by atoms with Gasteiger partial charge in [-0.2, -0.15) is 0 Å². The monoisotopic (exact) mass is 407 g/mol. The lowest BCUT2D eigenvalue weighted by atomic mass is 9.86. The van der Waals surface area contributed by atoms with Crippen molar-refractivity contribution in [2.45, 2.75) is 57.8 Å². The van der Waals surface area contributed by atoms with Crippen molar-refractivity contribution in [1.82, 2.24) is 10.2 Å². The first-order chi connectivity index (χ1) is 14.5. The Kier molecular flexibility index (Phi) is 6.28. The molecular weight excluding hydrogens is 374 g/mol. The average molecular weight is 408 g/mol. The molecule has 5 heteroatoms. The number of ether oxygens (including phenoxy) is 1. The van der Waals surface area contributed by atoms with Gasteiger partial charge >= 0.3 is 6.09 Å². The molecular formula is C25H33N3O2. The highest BCUT2D eigenvalue weighted by atomic mass is 16.6. The van der Waals surface area contributed by atoms with E-state index in [4.69, 9.17) is 4.74 Å². The minimum absolute atomic E-state index is 0.0646. The van der Waals surface area contributed by atoms with Gasteiger partial charge in [0.25, 0.3) is 0 Å². The number of nitrogens with zero attached hydrogens (tertiary/aromatic N) is 2. The van der Waals surface area contributed by atoms with E-state index in [1.807, 2.05) is 37.4 Å². The normalized spacial score (nSPS) is 23.6. The first-order valence-electron chi connectivity index (χ1n) is 11.1. The molecule has 5 nitrogen and oxygen atoms in total. The second-order valence-electron chi connectivity index (χ2n) is 8.82. The van der Waals surface area contributed by atoms with Crippen LogP contribution >= 0.6 is 0 Å². The van der Waals surface area contributed by atoms with Gasteiger partial charge < -0.3 is 19.9 Å². The van der Waals surface area contributed by atoms with Gasteiger partial charge in [-0.3, -0.25) is 0 Å². The van der Waals surface area contributed by atoms with E-state index >= 15 is 0 Å². The SMILES string of the molecule is C[C@@H]1CN(c2ccc3c(c2)C(N(C)C(=O)OCc2ccccc2)CCC3)C[C@H](C)N1. The maximum atomic E-state index is 12.8. The van der Waals surface area contributed by atoms with Gasteiger partial charge in [0.1, 0.15) is 6.61 Å². The van der Waals surface area contributed by atoms with Gasteiger partial charge in [0.05, 0.1) is 6.04 Å². The van der Waals surface area contributed by atoms with E-state index in [0.717, 1.165) is 37.9 Å². The Bertz CT molecular complexity index is 860. The zero-order chi connectivity index (χ0) is 21.1. The summed E-state index contributed by atoms with van der Waals surface area (Å²) in [6.45, 7) is 6.78. The lowest BCUT2D eigenvalue weighted by molar-refractivity contribution is 0.0876. The maximum Gasteiger partial charge on any atom is 0.410 e. The summed E-state index contributed by atoms with van der Waals surface area (Å²) in [6, 6.07) is 17.7. The van der Waals surface area contributed by atoms with Crippen LogP contribution in [0.15, 0.2) is 48.5 Å². The number of carbonyl (C=O) groups excluding carboxylic acids is 1. The number of amides is 1. The number of rotatable bonds is 4. The van der Waals surface area contributed by atoms with Crippen molar-refractivity contribution in [3.63, 3.8) is 0 Å². The molecule has 1 N–H and O–H groups in total. The Labute approximate surface area is 180 Å².